The number of ether oxygens (including phenoxy) is 1. The molecule has 0 N–H and O–H groups in total. The number of nitrogens with zero attached hydrogens (tertiary/aromatic N) is 3. The summed E-state index contributed by atoms with van der Waals surface area (Å²) in [6, 6.07) is 11.6. The highest BCUT2D eigenvalue weighted by Gasteiger charge is 2.26. The molecule has 4 rings (SSSR count). The molecule has 1 amide bonds. The lowest BCUT2D eigenvalue weighted by Crippen LogP contribution is -2.27. The van der Waals surface area contributed by atoms with E-state index in [1.165, 1.54) is 11.3 Å². The molecule has 0 radical (unpaired) electrons. The topological polar surface area (TPSA) is 47.4 Å². The molecule has 25 heavy (non-hydrogen) atoms. The zero-order valence-electron chi connectivity index (χ0n) is 14.0. The lowest BCUT2D eigenvalue weighted by atomic mass is 10.1. The minimum Gasteiger partial charge on any atom is -0.497 e. The van der Waals surface area contributed by atoms with E-state index in [2.05, 4.69) is 0 Å². The molecule has 0 unspecified atom stereocenters. The van der Waals surface area contributed by atoms with E-state index in [1.54, 1.807) is 7.11 Å². The monoisotopic (exact) mass is 353 g/mol. The fourth-order valence-electron chi connectivity index (χ4n) is 3.03. The van der Waals surface area contributed by atoms with E-state index in [-0.39, 0.29) is 5.91 Å². The molecule has 0 bridgehead atoms. The number of thiazole rings is 1. The maximum atomic E-state index is 13.0. The molecule has 3 aromatic rings. The van der Waals surface area contributed by atoms with Gasteiger partial charge in [0.2, 0.25) is 0 Å². The number of hydrogen-bond acceptors (Lipinski definition) is 4. The van der Waals surface area contributed by atoms with E-state index in [0.717, 1.165) is 48.1 Å². The van der Waals surface area contributed by atoms with E-state index in [4.69, 9.17) is 9.72 Å². The van der Waals surface area contributed by atoms with Gasteiger partial charge in [0, 0.05) is 31.0 Å². The van der Waals surface area contributed by atoms with Crippen molar-refractivity contribution in [1.82, 2.24) is 14.5 Å². The summed E-state index contributed by atoms with van der Waals surface area (Å²) in [5.74, 6) is 0.872. The molecule has 1 saturated heterocycles. The molecule has 3 heterocycles. The number of rotatable bonds is 4. The second-order valence-corrected chi connectivity index (χ2v) is 6.97. The third-order valence-corrected chi connectivity index (χ3v) is 5.45. The van der Waals surface area contributed by atoms with Crippen LogP contribution in [0.15, 0.2) is 48.8 Å². The van der Waals surface area contributed by atoms with Gasteiger partial charge in [0.1, 0.15) is 10.6 Å². The molecule has 0 aliphatic carbocycles. The molecule has 0 spiro atoms. The zero-order valence-corrected chi connectivity index (χ0v) is 14.8. The molecular formula is C19H19N3O2S. The number of carbonyl (C=O) groups is 1. The van der Waals surface area contributed by atoms with Gasteiger partial charge in [-0.3, -0.25) is 4.79 Å². The molecule has 5 nitrogen and oxygen atoms in total. The summed E-state index contributed by atoms with van der Waals surface area (Å²) in [4.78, 5) is 20.4. The van der Waals surface area contributed by atoms with Crippen molar-refractivity contribution in [1.29, 1.82) is 0 Å². The number of carbonyl (C=O) groups excluding carboxylic acids is 1. The molecule has 2 aromatic heterocycles. The van der Waals surface area contributed by atoms with Crippen LogP contribution in [0.25, 0.3) is 16.4 Å². The number of methoxy groups -OCH3 is 1. The number of benzene rings is 1. The van der Waals surface area contributed by atoms with Gasteiger partial charge >= 0.3 is 0 Å². The molecule has 128 valence electrons. The maximum Gasteiger partial charge on any atom is 0.266 e. The van der Waals surface area contributed by atoms with Gasteiger partial charge in [0.15, 0.2) is 5.13 Å². The van der Waals surface area contributed by atoms with Crippen molar-refractivity contribution < 1.29 is 9.53 Å². The first-order valence-corrected chi connectivity index (χ1v) is 9.16. The smallest absolute Gasteiger partial charge is 0.266 e. The minimum absolute atomic E-state index is 0.0826. The summed E-state index contributed by atoms with van der Waals surface area (Å²) in [5.41, 5.74) is 1.67. The predicted octanol–water partition coefficient (Wildman–Crippen LogP) is 3.85. The Kier molecular flexibility index (Phi) is 4.28. The van der Waals surface area contributed by atoms with Crippen LogP contribution in [0, 0.1) is 0 Å². The summed E-state index contributed by atoms with van der Waals surface area (Å²) in [6.07, 6.45) is 6.04. The van der Waals surface area contributed by atoms with Crippen LogP contribution in [0.5, 0.6) is 5.75 Å². The molecule has 1 fully saturated rings. The maximum absolute atomic E-state index is 13.0. The normalized spacial score (nSPS) is 14.0. The van der Waals surface area contributed by atoms with E-state index >= 15 is 0 Å². The number of amides is 1. The van der Waals surface area contributed by atoms with E-state index in [9.17, 15) is 4.79 Å². The summed E-state index contributed by atoms with van der Waals surface area (Å²) in [5, 5.41) is 0.804. The Hall–Kier alpha value is -2.60. The van der Waals surface area contributed by atoms with Crippen molar-refractivity contribution in [2.45, 2.75) is 12.8 Å². The minimum atomic E-state index is 0.0826. The summed E-state index contributed by atoms with van der Waals surface area (Å²) < 4.78 is 7.17. The van der Waals surface area contributed by atoms with Crippen molar-refractivity contribution in [3.63, 3.8) is 0 Å². The van der Waals surface area contributed by atoms with Gasteiger partial charge in [-0.25, -0.2) is 4.98 Å². The first-order chi connectivity index (χ1) is 12.3. The van der Waals surface area contributed by atoms with Gasteiger partial charge in [-0.05, 0) is 49.2 Å². The Bertz CT molecular complexity index is 863. The van der Waals surface area contributed by atoms with Crippen LogP contribution in [-0.4, -0.2) is 40.6 Å². The van der Waals surface area contributed by atoms with Crippen LogP contribution in [0.1, 0.15) is 22.5 Å². The van der Waals surface area contributed by atoms with Crippen molar-refractivity contribution in [3.8, 4) is 22.1 Å². The Morgan fingerprint density at radius 2 is 1.80 bits per heavy atom. The molecular weight excluding hydrogens is 334 g/mol. The third kappa shape index (κ3) is 3.05. The summed E-state index contributed by atoms with van der Waals surface area (Å²) >= 11 is 1.45. The number of hydrogen-bond donors (Lipinski definition) is 0. The van der Waals surface area contributed by atoms with Crippen molar-refractivity contribution in [2.75, 3.05) is 20.2 Å². The highest BCUT2D eigenvalue weighted by atomic mass is 32.1. The Morgan fingerprint density at radius 3 is 2.44 bits per heavy atom. The average Bonchev–Trinajstić information content (AvgIpc) is 3.42. The first-order valence-electron chi connectivity index (χ1n) is 8.34. The van der Waals surface area contributed by atoms with Crippen LogP contribution in [0.2, 0.25) is 0 Å². The van der Waals surface area contributed by atoms with Gasteiger partial charge in [0.25, 0.3) is 5.91 Å². The molecule has 1 aliphatic heterocycles. The number of likely N-dealkylation sites (tertiary alicyclic amines) is 1. The van der Waals surface area contributed by atoms with Crippen LogP contribution >= 0.6 is 11.3 Å². The van der Waals surface area contributed by atoms with Crippen molar-refractivity contribution >= 4 is 17.2 Å². The molecule has 1 aromatic carbocycles. The second-order valence-electron chi connectivity index (χ2n) is 5.99. The van der Waals surface area contributed by atoms with Crippen LogP contribution in [-0.2, 0) is 0 Å². The van der Waals surface area contributed by atoms with Gasteiger partial charge in [0.05, 0.1) is 12.8 Å². The van der Waals surface area contributed by atoms with Crippen LogP contribution in [0.4, 0.5) is 0 Å². The third-order valence-electron chi connectivity index (χ3n) is 4.39. The lowest BCUT2D eigenvalue weighted by molar-refractivity contribution is 0.0798. The number of aromatic nitrogens is 2. The largest absolute Gasteiger partial charge is 0.497 e. The summed E-state index contributed by atoms with van der Waals surface area (Å²) in [6.45, 7) is 1.66. The lowest BCUT2D eigenvalue weighted by Gasteiger charge is -2.14. The standard InChI is InChI=1S/C19H19N3O2S/c1-24-15-8-6-14(7-9-15)16-17(18(23)21-10-2-3-11-21)25-19(20-16)22-12-4-5-13-22/h4-9,12-13H,2-3,10-11H2,1H3. The highest BCUT2D eigenvalue weighted by Crippen LogP contribution is 2.33. The van der Waals surface area contributed by atoms with E-state index < -0.39 is 0 Å². The van der Waals surface area contributed by atoms with Crippen molar-refractivity contribution in [2.24, 2.45) is 0 Å². The van der Waals surface area contributed by atoms with Gasteiger partial charge in [-0.1, -0.05) is 11.3 Å². The first kappa shape index (κ1) is 15.9. The molecule has 1 aliphatic rings. The van der Waals surface area contributed by atoms with E-state index in [0.29, 0.717) is 4.88 Å². The van der Waals surface area contributed by atoms with Crippen LogP contribution < -0.4 is 4.74 Å². The quantitative estimate of drug-likeness (QED) is 0.716. The van der Waals surface area contributed by atoms with Crippen molar-refractivity contribution in [3.05, 3.63) is 53.7 Å². The highest BCUT2D eigenvalue weighted by molar-refractivity contribution is 7.16. The molecule has 6 heteroatoms. The van der Waals surface area contributed by atoms with Crippen LogP contribution in [0.3, 0.4) is 0 Å². The van der Waals surface area contributed by atoms with Gasteiger partial charge in [-0.2, -0.15) is 0 Å². The Morgan fingerprint density at radius 1 is 1.12 bits per heavy atom. The Labute approximate surface area is 150 Å². The second kappa shape index (κ2) is 6.72. The fraction of sp³-hybridized carbons (Fsp3) is 0.263. The van der Waals surface area contributed by atoms with Gasteiger partial charge < -0.3 is 14.2 Å². The Balaban J connectivity index is 1.78. The summed E-state index contributed by atoms with van der Waals surface area (Å²) in [7, 11) is 1.64. The zero-order chi connectivity index (χ0) is 17.2. The molecule has 0 atom stereocenters. The average molecular weight is 353 g/mol. The van der Waals surface area contributed by atoms with E-state index in [1.807, 2.05) is 58.3 Å². The molecule has 0 saturated carbocycles. The SMILES string of the molecule is COc1ccc(-c2nc(-n3cccc3)sc2C(=O)N2CCCC2)cc1. The predicted molar refractivity (Wildman–Crippen MR) is 98.6 cm³/mol. The van der Waals surface area contributed by atoms with Gasteiger partial charge in [-0.15, -0.1) is 0 Å². The fourth-order valence-corrected chi connectivity index (χ4v) is 4.06.